The van der Waals surface area contributed by atoms with Crippen molar-refractivity contribution < 1.29 is 43.0 Å². The van der Waals surface area contributed by atoms with Crippen molar-refractivity contribution in [3.05, 3.63) is 125 Å². The molecular weight excluding hydrogens is 732 g/mol. The van der Waals surface area contributed by atoms with Crippen LogP contribution in [-0.2, 0) is 14.4 Å². The van der Waals surface area contributed by atoms with E-state index in [9.17, 15) is 28.8 Å². The number of carbonyl (C=O) groups is 6. The molecule has 3 aliphatic heterocycles. The van der Waals surface area contributed by atoms with E-state index in [-0.39, 0.29) is 90.2 Å². The first-order valence-corrected chi connectivity index (χ1v) is 18.1. The normalized spacial score (nSPS) is 14.4. The summed E-state index contributed by atoms with van der Waals surface area (Å²) in [5, 5.41) is 10.7. The average Bonchev–Trinajstić information content (AvgIpc) is 3.21. The van der Waals surface area contributed by atoms with Crippen molar-refractivity contribution in [3.63, 3.8) is 0 Å². The summed E-state index contributed by atoms with van der Waals surface area (Å²) in [5.41, 5.74) is 0.905. The van der Waals surface area contributed by atoms with Crippen molar-refractivity contribution >= 4 is 58.7 Å². The lowest BCUT2D eigenvalue weighted by molar-refractivity contribution is -0.134. The van der Waals surface area contributed by atoms with Gasteiger partial charge in [0.15, 0.2) is 5.78 Å². The van der Waals surface area contributed by atoms with Gasteiger partial charge in [0.25, 0.3) is 11.8 Å². The van der Waals surface area contributed by atoms with Gasteiger partial charge in [-0.3, -0.25) is 28.8 Å². The molecule has 0 atom stereocenters. The van der Waals surface area contributed by atoms with Gasteiger partial charge in [-0.1, -0.05) is 19.1 Å². The summed E-state index contributed by atoms with van der Waals surface area (Å²) in [4.78, 5) is 86.1. The average molecular weight is 771 g/mol. The third-order valence-corrected chi connectivity index (χ3v) is 8.33. The van der Waals surface area contributed by atoms with E-state index >= 15 is 0 Å². The SMILES string of the molecule is CCC(=O)Oc1cc2cc(c1)C(=O)Nc1cccc(n1)NC(=O)CCCOc1ccc(cc1)C(=O)c1ccc(cc1)OCCCC(=O)Nc1cccc(n1)NC2=O. The number of rotatable bonds is 2. The summed E-state index contributed by atoms with van der Waals surface area (Å²) in [7, 11) is 0. The van der Waals surface area contributed by atoms with Gasteiger partial charge < -0.3 is 35.5 Å². The fraction of sp³-hybridized carbons (Fsp3) is 0.190. The molecule has 0 saturated heterocycles. The summed E-state index contributed by atoms with van der Waals surface area (Å²) < 4.78 is 16.9. The van der Waals surface area contributed by atoms with Crippen LogP contribution in [0.1, 0.15) is 75.7 Å². The van der Waals surface area contributed by atoms with Gasteiger partial charge in [0.05, 0.1) is 13.2 Å². The zero-order valence-corrected chi connectivity index (χ0v) is 30.8. The Kier molecular flexibility index (Phi) is 12.9. The number of ether oxygens (including phenoxy) is 3. The Morgan fingerprint density at radius 2 is 1.00 bits per heavy atom. The Balaban J connectivity index is 1.21. The van der Waals surface area contributed by atoms with Gasteiger partial charge in [0.1, 0.15) is 40.5 Å². The van der Waals surface area contributed by atoms with Crippen LogP contribution in [0.15, 0.2) is 103 Å². The molecule has 0 unspecified atom stereocenters. The zero-order chi connectivity index (χ0) is 40.1. The van der Waals surface area contributed by atoms with Crippen LogP contribution < -0.4 is 35.5 Å². The molecule has 57 heavy (non-hydrogen) atoms. The molecular formula is C42H38N6O9. The number of hydrogen-bond donors (Lipinski definition) is 4. The molecule has 2 aromatic heterocycles. The number of ketones is 1. The summed E-state index contributed by atoms with van der Waals surface area (Å²) in [5.74, 6) is -1.12. The van der Waals surface area contributed by atoms with E-state index in [0.717, 1.165) is 0 Å². The molecule has 8 rings (SSSR count). The number of fused-ring (bicyclic) bond motifs is 2. The number of esters is 1. The fourth-order valence-corrected chi connectivity index (χ4v) is 5.48. The van der Waals surface area contributed by atoms with Gasteiger partial charge in [0, 0.05) is 41.5 Å². The molecule has 0 radical (unpaired) electrons. The molecule has 15 heteroatoms. The molecule has 0 spiro atoms. The maximum atomic E-state index is 13.4. The molecule has 10 bridgehead atoms. The first-order valence-electron chi connectivity index (χ1n) is 18.1. The lowest BCUT2D eigenvalue weighted by atomic mass is 10.0. The number of amides is 4. The van der Waals surface area contributed by atoms with Gasteiger partial charge in [-0.25, -0.2) is 9.97 Å². The third kappa shape index (κ3) is 11.3. The molecule has 4 amide bonds. The van der Waals surface area contributed by atoms with Crippen molar-refractivity contribution in [2.75, 3.05) is 34.5 Å². The van der Waals surface area contributed by atoms with Crippen LogP contribution in [-0.4, -0.2) is 58.6 Å². The van der Waals surface area contributed by atoms with Crippen LogP contribution in [0, 0.1) is 0 Å². The maximum Gasteiger partial charge on any atom is 0.310 e. The van der Waals surface area contributed by atoms with E-state index in [2.05, 4.69) is 31.2 Å². The first kappa shape index (κ1) is 39.3. The highest BCUT2D eigenvalue weighted by molar-refractivity contribution is 6.10. The Hall–Kier alpha value is -7.42. The molecule has 3 aliphatic rings. The smallest absolute Gasteiger partial charge is 0.310 e. The van der Waals surface area contributed by atoms with Crippen molar-refractivity contribution in [2.24, 2.45) is 0 Å². The van der Waals surface area contributed by atoms with E-state index < -0.39 is 17.8 Å². The Labute approximate surface area is 327 Å². The monoisotopic (exact) mass is 770 g/mol. The number of hydrogen-bond acceptors (Lipinski definition) is 11. The number of aromatic nitrogens is 2. The van der Waals surface area contributed by atoms with Crippen molar-refractivity contribution in [1.29, 1.82) is 0 Å². The Morgan fingerprint density at radius 3 is 1.42 bits per heavy atom. The van der Waals surface area contributed by atoms with Crippen LogP contribution in [0.2, 0.25) is 0 Å². The van der Waals surface area contributed by atoms with Gasteiger partial charge in [-0.15, -0.1) is 0 Å². The molecule has 5 heterocycles. The van der Waals surface area contributed by atoms with Crippen molar-refractivity contribution in [3.8, 4) is 17.2 Å². The largest absolute Gasteiger partial charge is 0.494 e. The summed E-state index contributed by atoms with van der Waals surface area (Å²) >= 11 is 0. The fourth-order valence-electron chi connectivity index (χ4n) is 5.48. The van der Waals surface area contributed by atoms with Gasteiger partial charge >= 0.3 is 5.97 Å². The van der Waals surface area contributed by atoms with Crippen LogP contribution in [0.25, 0.3) is 0 Å². The van der Waals surface area contributed by atoms with Crippen molar-refractivity contribution in [2.45, 2.75) is 39.0 Å². The van der Waals surface area contributed by atoms with Gasteiger partial charge in [-0.05, 0) is 104 Å². The molecule has 0 fully saturated rings. The lowest BCUT2D eigenvalue weighted by Crippen LogP contribution is -2.19. The quantitative estimate of drug-likeness (QED) is 0.114. The van der Waals surface area contributed by atoms with Crippen LogP contribution >= 0.6 is 0 Å². The standard InChI is InChI=1S/C42H38N6O9/c1-2-39(51)57-32-24-28-23-29(25-32)42(54)48-36-10-4-8-34(44-36)46-38(50)12-6-22-56-31-19-15-27(16-20-31)40(52)26-13-17-30(18-14-26)55-21-5-11-37(49)45-33-7-3-9-35(43-33)47-41(28)53/h3-4,7-10,13-20,23-25H,2,5-6,11-12,21-22H2,1H3,(H2,43,45,47,49,53)(H2,44,46,48,50,54). The molecule has 290 valence electrons. The maximum absolute atomic E-state index is 13.4. The second-order valence-electron chi connectivity index (χ2n) is 12.7. The highest BCUT2D eigenvalue weighted by Gasteiger charge is 2.18. The number of pyridine rings is 2. The minimum Gasteiger partial charge on any atom is -0.494 e. The summed E-state index contributed by atoms with van der Waals surface area (Å²) in [6, 6.07) is 26.7. The van der Waals surface area contributed by atoms with E-state index in [1.807, 2.05) is 0 Å². The molecule has 5 aromatic rings. The minimum absolute atomic E-state index is 0.0221. The molecule has 0 aliphatic carbocycles. The zero-order valence-electron chi connectivity index (χ0n) is 30.8. The third-order valence-electron chi connectivity index (χ3n) is 8.33. The molecule has 3 aromatic carbocycles. The van der Waals surface area contributed by atoms with E-state index in [0.29, 0.717) is 35.5 Å². The van der Waals surface area contributed by atoms with Crippen LogP contribution in [0.3, 0.4) is 0 Å². The minimum atomic E-state index is -0.674. The lowest BCUT2D eigenvalue weighted by Gasteiger charge is -2.12. The Bertz CT molecular complexity index is 2150. The highest BCUT2D eigenvalue weighted by atomic mass is 16.5. The first-order chi connectivity index (χ1) is 27.6. The molecule has 15 nitrogen and oxygen atoms in total. The van der Waals surface area contributed by atoms with Crippen LogP contribution in [0.4, 0.5) is 23.3 Å². The Morgan fingerprint density at radius 1 is 0.579 bits per heavy atom. The predicted octanol–water partition coefficient (Wildman–Crippen LogP) is 6.44. The second-order valence-corrected chi connectivity index (χ2v) is 12.7. The number of anilines is 4. The van der Waals surface area contributed by atoms with E-state index in [4.69, 9.17) is 14.2 Å². The number of carbonyl (C=O) groups excluding carboxylic acids is 6. The van der Waals surface area contributed by atoms with E-state index in [1.54, 1.807) is 79.7 Å². The second kappa shape index (κ2) is 18.8. The van der Waals surface area contributed by atoms with Gasteiger partial charge in [0.2, 0.25) is 11.8 Å². The van der Waals surface area contributed by atoms with Gasteiger partial charge in [-0.2, -0.15) is 0 Å². The van der Waals surface area contributed by atoms with Crippen molar-refractivity contribution in [1.82, 2.24) is 9.97 Å². The number of nitrogens with one attached hydrogen (secondary N) is 4. The number of nitrogens with zero attached hydrogens (tertiary/aromatic N) is 2. The molecule has 0 saturated carbocycles. The summed E-state index contributed by atoms with van der Waals surface area (Å²) in [6.07, 6.45) is 1.07. The van der Waals surface area contributed by atoms with E-state index in [1.165, 1.54) is 30.3 Å². The molecule has 4 N–H and O–H groups in total. The highest BCUT2D eigenvalue weighted by Crippen LogP contribution is 2.23. The predicted molar refractivity (Wildman–Crippen MR) is 210 cm³/mol. The number of benzene rings is 3. The topological polar surface area (TPSA) is 204 Å². The summed E-state index contributed by atoms with van der Waals surface area (Å²) in [6.45, 7) is 2.09. The van der Waals surface area contributed by atoms with Crippen LogP contribution in [0.5, 0.6) is 17.2 Å².